The van der Waals surface area contributed by atoms with Gasteiger partial charge in [-0.3, -0.25) is 0 Å². The summed E-state index contributed by atoms with van der Waals surface area (Å²) >= 11 is 1.88. The molecule has 0 spiro atoms. The third-order valence-corrected chi connectivity index (χ3v) is 9.29. The Hall–Kier alpha value is -5.25. The Kier molecular flexibility index (Phi) is 6.24. The summed E-state index contributed by atoms with van der Waals surface area (Å²) in [5.41, 5.74) is 9.00. The van der Waals surface area contributed by atoms with Crippen LogP contribution in [0.25, 0.3) is 76.3 Å². The second kappa shape index (κ2) is 10.5. The van der Waals surface area contributed by atoms with Gasteiger partial charge < -0.3 is 4.57 Å². The van der Waals surface area contributed by atoms with Gasteiger partial charge in [-0.2, -0.15) is 0 Å². The largest absolute Gasteiger partial charge is 0.309 e. The molecule has 204 valence electrons. The SMILES string of the molecule is C/C=C\C=C/c1cc(-c2ccccc2)nc(-c2cccc3sc4c(ccc5c4c4ccccc4n5-c4ccccc4)c23)c1. The monoisotopic (exact) mass is 568 g/mol. The molecule has 0 atom stereocenters. The molecule has 0 aliphatic carbocycles. The molecule has 0 radical (unpaired) electrons. The number of rotatable bonds is 5. The number of aromatic nitrogens is 2. The molecule has 2 nitrogen and oxygen atoms in total. The van der Waals surface area contributed by atoms with E-state index in [2.05, 4.69) is 144 Å². The van der Waals surface area contributed by atoms with E-state index in [9.17, 15) is 0 Å². The maximum atomic E-state index is 5.24. The van der Waals surface area contributed by atoms with Crippen molar-refractivity contribution in [2.45, 2.75) is 6.92 Å². The fourth-order valence-electron chi connectivity index (χ4n) is 6.22. The lowest BCUT2D eigenvalue weighted by atomic mass is 9.99. The standard InChI is InChI=1S/C40H28N2S/c1-2-3-6-14-27-25-33(28-15-7-4-8-16-28)41-34(26-27)30-20-13-22-37-38(30)32-23-24-36-39(40(32)43-37)31-19-11-12-21-35(31)42(36)29-17-9-5-10-18-29/h2-26H,1H3/b3-2-,14-6-. The average Bonchev–Trinajstić information content (AvgIpc) is 3.61. The zero-order valence-corrected chi connectivity index (χ0v) is 24.6. The normalized spacial score (nSPS) is 12.1. The lowest BCUT2D eigenvalue weighted by Crippen LogP contribution is -1.92. The van der Waals surface area contributed by atoms with Crippen LogP contribution < -0.4 is 0 Å². The van der Waals surface area contributed by atoms with Gasteiger partial charge in [0.2, 0.25) is 0 Å². The molecule has 5 aromatic carbocycles. The van der Waals surface area contributed by atoms with Crippen LogP contribution in [0.5, 0.6) is 0 Å². The molecule has 0 aliphatic heterocycles. The summed E-state index contributed by atoms with van der Waals surface area (Å²) in [5.74, 6) is 0. The highest BCUT2D eigenvalue weighted by atomic mass is 32.1. The zero-order chi connectivity index (χ0) is 28.8. The van der Waals surface area contributed by atoms with Gasteiger partial charge in [-0.15, -0.1) is 11.3 Å². The predicted octanol–water partition coefficient (Wildman–Crippen LogP) is 11.5. The third kappa shape index (κ3) is 4.29. The van der Waals surface area contributed by atoms with Crippen LogP contribution >= 0.6 is 11.3 Å². The minimum atomic E-state index is 0.975. The van der Waals surface area contributed by atoms with Crippen molar-refractivity contribution >= 4 is 59.4 Å². The van der Waals surface area contributed by atoms with Gasteiger partial charge in [-0.1, -0.05) is 109 Å². The summed E-state index contributed by atoms with van der Waals surface area (Å²) in [6.45, 7) is 2.04. The third-order valence-electron chi connectivity index (χ3n) is 8.10. The number of allylic oxidation sites excluding steroid dienone is 3. The molecular formula is C40H28N2S. The van der Waals surface area contributed by atoms with Crippen LogP contribution in [0.1, 0.15) is 12.5 Å². The Bertz CT molecular complexity index is 2340. The number of hydrogen-bond donors (Lipinski definition) is 0. The Morgan fingerprint density at radius 2 is 1.40 bits per heavy atom. The molecule has 8 aromatic rings. The van der Waals surface area contributed by atoms with Gasteiger partial charge in [0.25, 0.3) is 0 Å². The molecule has 43 heavy (non-hydrogen) atoms. The van der Waals surface area contributed by atoms with Crippen molar-refractivity contribution in [3.8, 4) is 28.2 Å². The number of nitrogens with zero attached hydrogens (tertiary/aromatic N) is 2. The molecule has 0 saturated heterocycles. The summed E-state index contributed by atoms with van der Waals surface area (Å²) in [6.07, 6.45) is 8.36. The van der Waals surface area contributed by atoms with Gasteiger partial charge in [0.05, 0.1) is 22.4 Å². The van der Waals surface area contributed by atoms with E-state index in [0.29, 0.717) is 0 Å². The summed E-state index contributed by atoms with van der Waals surface area (Å²) in [7, 11) is 0. The number of thiophene rings is 1. The van der Waals surface area contributed by atoms with Crippen LogP contribution in [0.3, 0.4) is 0 Å². The number of benzene rings is 5. The summed E-state index contributed by atoms with van der Waals surface area (Å²) < 4.78 is 4.98. The van der Waals surface area contributed by atoms with Gasteiger partial charge in [0.15, 0.2) is 0 Å². The first-order valence-corrected chi connectivity index (χ1v) is 15.4. The van der Waals surface area contributed by atoms with E-state index in [1.165, 1.54) is 47.7 Å². The predicted molar refractivity (Wildman–Crippen MR) is 186 cm³/mol. The van der Waals surface area contributed by atoms with E-state index >= 15 is 0 Å². The molecular weight excluding hydrogens is 541 g/mol. The maximum absolute atomic E-state index is 5.24. The average molecular weight is 569 g/mol. The van der Waals surface area contributed by atoms with E-state index in [1.807, 2.05) is 30.4 Å². The lowest BCUT2D eigenvalue weighted by molar-refractivity contribution is 1.18. The zero-order valence-electron chi connectivity index (χ0n) is 23.7. The molecule has 0 N–H and O–H groups in total. The van der Waals surface area contributed by atoms with Crippen molar-refractivity contribution in [3.05, 3.63) is 151 Å². The van der Waals surface area contributed by atoms with Gasteiger partial charge >= 0.3 is 0 Å². The second-order valence-corrected chi connectivity index (χ2v) is 11.8. The van der Waals surface area contributed by atoms with E-state index in [4.69, 9.17) is 4.98 Å². The van der Waals surface area contributed by atoms with Crippen molar-refractivity contribution in [3.63, 3.8) is 0 Å². The summed E-state index contributed by atoms with van der Waals surface area (Å²) in [6, 6.07) is 45.5. The minimum absolute atomic E-state index is 0.975. The number of pyridine rings is 1. The Morgan fingerprint density at radius 1 is 0.628 bits per heavy atom. The highest BCUT2D eigenvalue weighted by molar-refractivity contribution is 7.27. The van der Waals surface area contributed by atoms with Crippen molar-refractivity contribution in [1.29, 1.82) is 0 Å². The van der Waals surface area contributed by atoms with Gasteiger partial charge in [-0.05, 0) is 55.0 Å². The minimum Gasteiger partial charge on any atom is -0.309 e. The molecule has 0 fully saturated rings. The van der Waals surface area contributed by atoms with Crippen LogP contribution in [0.4, 0.5) is 0 Å². The number of para-hydroxylation sites is 2. The van der Waals surface area contributed by atoms with Crippen molar-refractivity contribution in [2.75, 3.05) is 0 Å². The van der Waals surface area contributed by atoms with Crippen LogP contribution in [0, 0.1) is 0 Å². The van der Waals surface area contributed by atoms with Crippen molar-refractivity contribution in [1.82, 2.24) is 9.55 Å². The molecule has 3 aromatic heterocycles. The molecule has 0 aliphatic rings. The smallest absolute Gasteiger partial charge is 0.0722 e. The first-order valence-electron chi connectivity index (χ1n) is 14.6. The first kappa shape index (κ1) is 25.5. The number of fused-ring (bicyclic) bond motifs is 7. The fraction of sp³-hybridized carbons (Fsp3) is 0.0250. The van der Waals surface area contributed by atoms with E-state index in [-0.39, 0.29) is 0 Å². The first-order chi connectivity index (χ1) is 21.3. The quantitative estimate of drug-likeness (QED) is 0.189. The van der Waals surface area contributed by atoms with E-state index in [0.717, 1.165) is 28.1 Å². The van der Waals surface area contributed by atoms with Crippen LogP contribution in [-0.4, -0.2) is 9.55 Å². The van der Waals surface area contributed by atoms with E-state index < -0.39 is 0 Å². The molecule has 3 heteroatoms. The Morgan fingerprint density at radius 3 is 2.23 bits per heavy atom. The van der Waals surface area contributed by atoms with Crippen molar-refractivity contribution < 1.29 is 0 Å². The molecule has 8 rings (SSSR count). The molecule has 3 heterocycles. The van der Waals surface area contributed by atoms with Crippen LogP contribution in [0.2, 0.25) is 0 Å². The van der Waals surface area contributed by atoms with E-state index in [1.54, 1.807) is 0 Å². The Balaban J connectivity index is 1.42. The maximum Gasteiger partial charge on any atom is 0.0722 e. The summed E-state index contributed by atoms with van der Waals surface area (Å²) in [5, 5.41) is 5.13. The Labute approximate surface area is 254 Å². The van der Waals surface area contributed by atoms with Crippen molar-refractivity contribution in [2.24, 2.45) is 0 Å². The second-order valence-electron chi connectivity index (χ2n) is 10.7. The molecule has 0 saturated carbocycles. The highest BCUT2D eigenvalue weighted by Gasteiger charge is 2.19. The van der Waals surface area contributed by atoms with Gasteiger partial charge in [-0.25, -0.2) is 4.98 Å². The molecule has 0 unspecified atom stereocenters. The highest BCUT2D eigenvalue weighted by Crippen LogP contribution is 2.46. The fourth-order valence-corrected chi connectivity index (χ4v) is 7.51. The number of hydrogen-bond acceptors (Lipinski definition) is 2. The topological polar surface area (TPSA) is 17.8 Å². The van der Waals surface area contributed by atoms with Crippen LogP contribution in [0.15, 0.2) is 146 Å². The van der Waals surface area contributed by atoms with Crippen LogP contribution in [-0.2, 0) is 0 Å². The molecule has 0 amide bonds. The van der Waals surface area contributed by atoms with Gasteiger partial charge in [0, 0.05) is 47.8 Å². The lowest BCUT2D eigenvalue weighted by Gasteiger charge is -2.10. The van der Waals surface area contributed by atoms with Gasteiger partial charge in [0.1, 0.15) is 0 Å². The summed E-state index contributed by atoms with van der Waals surface area (Å²) in [4.78, 5) is 5.24. The molecule has 0 bridgehead atoms.